The molecule has 0 spiro atoms. The van der Waals surface area contributed by atoms with Crippen molar-refractivity contribution in [1.82, 2.24) is 15.1 Å². The van der Waals surface area contributed by atoms with Gasteiger partial charge in [0.2, 0.25) is 0 Å². The van der Waals surface area contributed by atoms with Crippen LogP contribution >= 0.6 is 0 Å². The first-order chi connectivity index (χ1) is 9.85. The number of hydrogen-bond donors (Lipinski definition) is 2. The highest BCUT2D eigenvalue weighted by Crippen LogP contribution is 2.34. The zero-order valence-electron chi connectivity index (χ0n) is 12.4. The molecule has 0 bridgehead atoms. The van der Waals surface area contributed by atoms with Crippen LogP contribution in [0.1, 0.15) is 47.8 Å². The lowest BCUT2D eigenvalue weighted by molar-refractivity contribution is -0.148. The van der Waals surface area contributed by atoms with E-state index in [2.05, 4.69) is 10.2 Å². The molecule has 7 nitrogen and oxygen atoms in total. The van der Waals surface area contributed by atoms with Crippen molar-refractivity contribution >= 4 is 11.9 Å². The van der Waals surface area contributed by atoms with Crippen molar-refractivity contribution in [3.05, 3.63) is 27.2 Å². The fourth-order valence-corrected chi connectivity index (χ4v) is 2.93. The van der Waals surface area contributed by atoms with Gasteiger partial charge in [0.15, 0.2) is 0 Å². The molecule has 0 aliphatic carbocycles. The number of aromatic nitrogens is 2. The minimum absolute atomic E-state index is 0.0107. The molecule has 0 saturated carbocycles. The molecule has 1 aliphatic heterocycles. The van der Waals surface area contributed by atoms with E-state index in [0.29, 0.717) is 37.1 Å². The van der Waals surface area contributed by atoms with Crippen molar-refractivity contribution in [2.24, 2.45) is 0 Å². The van der Waals surface area contributed by atoms with Gasteiger partial charge in [0.25, 0.3) is 11.5 Å². The van der Waals surface area contributed by atoms with Gasteiger partial charge in [-0.25, -0.2) is 9.89 Å². The summed E-state index contributed by atoms with van der Waals surface area (Å²) in [4.78, 5) is 37.7. The van der Waals surface area contributed by atoms with Crippen LogP contribution in [0.4, 0.5) is 0 Å². The van der Waals surface area contributed by atoms with Crippen LogP contribution in [0.15, 0.2) is 4.79 Å². The standard InChI is InChI=1S/C14H19N3O4/c1-4-14(13(20)21)6-5-7-17(14)12(19)10-8(2)9(3)15-16-11(10)18/h4-7H2,1-3H3,(H,16,18)(H,20,21). The van der Waals surface area contributed by atoms with E-state index < -0.39 is 23.0 Å². The summed E-state index contributed by atoms with van der Waals surface area (Å²) in [7, 11) is 0. The van der Waals surface area contributed by atoms with E-state index in [1.165, 1.54) is 4.90 Å². The highest BCUT2D eigenvalue weighted by Gasteiger charge is 2.49. The molecule has 0 aromatic carbocycles. The average molecular weight is 293 g/mol. The number of nitrogens with zero attached hydrogens (tertiary/aromatic N) is 2. The molecule has 1 aromatic rings. The zero-order chi connectivity index (χ0) is 15.8. The first kappa shape index (κ1) is 15.2. The number of aromatic amines is 1. The lowest BCUT2D eigenvalue weighted by Crippen LogP contribution is -2.53. The number of H-pyrrole nitrogens is 1. The Kier molecular flexibility index (Phi) is 3.85. The maximum atomic E-state index is 12.7. The average Bonchev–Trinajstić information content (AvgIpc) is 2.88. The SMILES string of the molecule is CCC1(C(=O)O)CCCN1C(=O)c1c(C)c(C)n[nH]c1=O. The predicted molar refractivity (Wildman–Crippen MR) is 75.3 cm³/mol. The molecule has 1 amide bonds. The molecule has 2 N–H and O–H groups in total. The predicted octanol–water partition coefficient (Wildman–Crippen LogP) is 0.856. The number of rotatable bonds is 3. The van der Waals surface area contributed by atoms with Gasteiger partial charge < -0.3 is 10.0 Å². The van der Waals surface area contributed by atoms with Gasteiger partial charge in [-0.05, 0) is 38.7 Å². The number of aryl methyl sites for hydroxylation is 1. The van der Waals surface area contributed by atoms with E-state index >= 15 is 0 Å². The quantitative estimate of drug-likeness (QED) is 0.860. The summed E-state index contributed by atoms with van der Waals surface area (Å²) >= 11 is 0. The Morgan fingerprint density at radius 2 is 2.10 bits per heavy atom. The largest absolute Gasteiger partial charge is 0.479 e. The number of carbonyl (C=O) groups is 2. The molecule has 1 saturated heterocycles. The molecule has 2 rings (SSSR count). The van der Waals surface area contributed by atoms with Crippen LogP contribution < -0.4 is 5.56 Å². The fourth-order valence-electron chi connectivity index (χ4n) is 2.93. The highest BCUT2D eigenvalue weighted by molar-refractivity contribution is 5.99. The summed E-state index contributed by atoms with van der Waals surface area (Å²) in [6.07, 6.45) is 1.34. The zero-order valence-corrected chi connectivity index (χ0v) is 12.4. The topological polar surface area (TPSA) is 103 Å². The van der Waals surface area contributed by atoms with E-state index in [1.807, 2.05) is 0 Å². The summed E-state index contributed by atoms with van der Waals surface area (Å²) in [6.45, 7) is 5.43. The van der Waals surface area contributed by atoms with Gasteiger partial charge in [0.05, 0.1) is 5.69 Å². The highest BCUT2D eigenvalue weighted by atomic mass is 16.4. The Morgan fingerprint density at radius 1 is 1.43 bits per heavy atom. The lowest BCUT2D eigenvalue weighted by Gasteiger charge is -2.34. The van der Waals surface area contributed by atoms with E-state index in [0.717, 1.165) is 0 Å². The molecule has 1 aromatic heterocycles. The number of hydrogen-bond acceptors (Lipinski definition) is 4. The third kappa shape index (κ3) is 2.22. The van der Waals surface area contributed by atoms with Gasteiger partial charge in [-0.15, -0.1) is 0 Å². The molecule has 1 unspecified atom stereocenters. The summed E-state index contributed by atoms with van der Waals surface area (Å²) < 4.78 is 0. The normalized spacial score (nSPS) is 21.6. The summed E-state index contributed by atoms with van der Waals surface area (Å²) in [5, 5.41) is 15.6. The van der Waals surface area contributed by atoms with Crippen molar-refractivity contribution < 1.29 is 14.7 Å². The van der Waals surface area contributed by atoms with Crippen LogP contribution in [0.25, 0.3) is 0 Å². The van der Waals surface area contributed by atoms with Crippen LogP contribution in [-0.4, -0.2) is 44.2 Å². The van der Waals surface area contributed by atoms with E-state index in [9.17, 15) is 19.5 Å². The van der Waals surface area contributed by atoms with Crippen molar-refractivity contribution in [2.75, 3.05) is 6.54 Å². The smallest absolute Gasteiger partial charge is 0.329 e. The minimum atomic E-state index is -1.22. The van der Waals surface area contributed by atoms with Crippen molar-refractivity contribution in [2.45, 2.75) is 45.6 Å². The molecule has 1 atom stereocenters. The second-order valence-electron chi connectivity index (χ2n) is 5.39. The monoisotopic (exact) mass is 293 g/mol. The number of aliphatic carboxylic acids is 1. The number of carbonyl (C=O) groups excluding carboxylic acids is 1. The second-order valence-corrected chi connectivity index (χ2v) is 5.39. The molecule has 1 fully saturated rings. The summed E-state index contributed by atoms with van der Waals surface area (Å²) in [5.41, 5.74) is -0.762. The van der Waals surface area contributed by atoms with Gasteiger partial charge in [-0.3, -0.25) is 9.59 Å². The maximum absolute atomic E-state index is 12.7. The Balaban J connectivity index is 2.52. The molecular weight excluding hydrogens is 274 g/mol. The first-order valence-corrected chi connectivity index (χ1v) is 6.96. The minimum Gasteiger partial charge on any atom is -0.479 e. The molecule has 2 heterocycles. The number of nitrogens with one attached hydrogen (secondary N) is 1. The van der Waals surface area contributed by atoms with Gasteiger partial charge in [-0.1, -0.05) is 6.92 Å². The van der Waals surface area contributed by atoms with Crippen LogP contribution in [-0.2, 0) is 4.79 Å². The summed E-state index contributed by atoms with van der Waals surface area (Å²) in [5.74, 6) is -1.54. The second kappa shape index (κ2) is 5.31. The number of amides is 1. The van der Waals surface area contributed by atoms with Crippen LogP contribution in [0.5, 0.6) is 0 Å². The van der Waals surface area contributed by atoms with Gasteiger partial charge >= 0.3 is 5.97 Å². The molecule has 114 valence electrons. The Labute approximate surface area is 122 Å². The van der Waals surface area contributed by atoms with E-state index in [1.54, 1.807) is 20.8 Å². The maximum Gasteiger partial charge on any atom is 0.329 e. The lowest BCUT2D eigenvalue weighted by atomic mass is 9.92. The van der Waals surface area contributed by atoms with Gasteiger partial charge in [0, 0.05) is 6.54 Å². The van der Waals surface area contributed by atoms with Crippen LogP contribution in [0.3, 0.4) is 0 Å². The van der Waals surface area contributed by atoms with Crippen molar-refractivity contribution in [3.63, 3.8) is 0 Å². The molecule has 1 aliphatic rings. The first-order valence-electron chi connectivity index (χ1n) is 6.96. The van der Waals surface area contributed by atoms with Crippen molar-refractivity contribution in [3.8, 4) is 0 Å². The summed E-state index contributed by atoms with van der Waals surface area (Å²) in [6, 6.07) is 0. The van der Waals surface area contributed by atoms with E-state index in [4.69, 9.17) is 0 Å². The van der Waals surface area contributed by atoms with Crippen molar-refractivity contribution in [1.29, 1.82) is 0 Å². The number of carboxylic acid groups (broad SMARTS) is 1. The van der Waals surface area contributed by atoms with Gasteiger partial charge in [0.1, 0.15) is 11.1 Å². The fraction of sp³-hybridized carbons (Fsp3) is 0.571. The third-order valence-electron chi connectivity index (χ3n) is 4.40. The number of carboxylic acids is 1. The molecule has 21 heavy (non-hydrogen) atoms. The van der Waals surface area contributed by atoms with Crippen LogP contribution in [0, 0.1) is 13.8 Å². The molecule has 0 radical (unpaired) electrons. The van der Waals surface area contributed by atoms with Gasteiger partial charge in [-0.2, -0.15) is 5.10 Å². The van der Waals surface area contributed by atoms with E-state index in [-0.39, 0.29) is 5.56 Å². The van der Waals surface area contributed by atoms with Crippen LogP contribution in [0.2, 0.25) is 0 Å². The molecular formula is C14H19N3O4. The number of likely N-dealkylation sites (tertiary alicyclic amines) is 1. The Bertz CT molecular complexity index is 652. The Morgan fingerprint density at radius 3 is 2.67 bits per heavy atom. The third-order valence-corrected chi connectivity index (χ3v) is 4.40. The molecule has 7 heteroatoms. The Hall–Kier alpha value is -2.18.